The van der Waals surface area contributed by atoms with Crippen molar-refractivity contribution < 1.29 is 14.6 Å². The van der Waals surface area contributed by atoms with E-state index >= 15 is 0 Å². The fourth-order valence-electron chi connectivity index (χ4n) is 3.08. The van der Waals surface area contributed by atoms with E-state index in [4.69, 9.17) is 9.84 Å². The monoisotopic (exact) mass is 255 g/mol. The van der Waals surface area contributed by atoms with Gasteiger partial charge in [-0.3, -0.25) is 4.79 Å². The zero-order valence-corrected chi connectivity index (χ0v) is 11.2. The number of carboxylic acids is 1. The molecule has 1 saturated carbocycles. The fourth-order valence-corrected chi connectivity index (χ4v) is 3.08. The second kappa shape index (κ2) is 6.53. The van der Waals surface area contributed by atoms with Crippen LogP contribution in [0.4, 0.5) is 0 Å². The van der Waals surface area contributed by atoms with Crippen molar-refractivity contribution in [3.8, 4) is 0 Å². The van der Waals surface area contributed by atoms with Crippen molar-refractivity contribution in [2.45, 2.75) is 45.1 Å². The average molecular weight is 255 g/mol. The molecule has 2 atom stereocenters. The summed E-state index contributed by atoms with van der Waals surface area (Å²) >= 11 is 0. The first-order valence-electron chi connectivity index (χ1n) is 7.20. The summed E-state index contributed by atoms with van der Waals surface area (Å²) in [5.41, 5.74) is 0. The molecule has 0 radical (unpaired) electrons. The van der Waals surface area contributed by atoms with Gasteiger partial charge in [-0.1, -0.05) is 0 Å². The normalized spacial score (nSPS) is 34.4. The third kappa shape index (κ3) is 3.69. The van der Waals surface area contributed by atoms with E-state index in [1.54, 1.807) is 0 Å². The molecule has 0 aromatic carbocycles. The average Bonchev–Trinajstić information content (AvgIpc) is 2.90. The maximum atomic E-state index is 10.9. The van der Waals surface area contributed by atoms with Gasteiger partial charge in [0.25, 0.3) is 0 Å². The molecule has 2 N–H and O–H groups in total. The molecule has 2 fully saturated rings. The van der Waals surface area contributed by atoms with Gasteiger partial charge in [0, 0.05) is 12.6 Å². The summed E-state index contributed by atoms with van der Waals surface area (Å²) in [6.45, 7) is 5.06. The van der Waals surface area contributed by atoms with Crippen molar-refractivity contribution in [1.29, 1.82) is 0 Å². The molecule has 1 aliphatic heterocycles. The highest BCUT2D eigenvalue weighted by Crippen LogP contribution is 2.28. The molecule has 2 rings (SSSR count). The van der Waals surface area contributed by atoms with E-state index in [1.807, 2.05) is 0 Å². The summed E-state index contributed by atoms with van der Waals surface area (Å²) < 4.78 is 5.41. The van der Waals surface area contributed by atoms with Crippen LogP contribution >= 0.6 is 0 Å². The van der Waals surface area contributed by atoms with Crippen LogP contribution in [0, 0.1) is 17.8 Å². The molecule has 0 bridgehead atoms. The van der Waals surface area contributed by atoms with Crippen LogP contribution in [0.25, 0.3) is 0 Å². The van der Waals surface area contributed by atoms with Gasteiger partial charge in [-0.05, 0) is 57.4 Å². The van der Waals surface area contributed by atoms with Crippen molar-refractivity contribution >= 4 is 5.97 Å². The molecule has 0 spiro atoms. The number of carboxylic acid groups (broad SMARTS) is 1. The molecule has 4 heteroatoms. The third-order valence-corrected chi connectivity index (χ3v) is 4.60. The SMILES string of the molecule is CC(NCC1CCC(C(=O)O)CC1)C1CCOC1. The number of ether oxygens (including phenoxy) is 1. The number of hydrogen-bond donors (Lipinski definition) is 2. The van der Waals surface area contributed by atoms with Crippen LogP contribution in [0.1, 0.15) is 39.0 Å². The summed E-state index contributed by atoms with van der Waals surface area (Å²) in [6, 6.07) is 0.518. The largest absolute Gasteiger partial charge is 0.481 e. The fraction of sp³-hybridized carbons (Fsp3) is 0.929. The Bertz CT molecular complexity index is 268. The Labute approximate surface area is 109 Å². The lowest BCUT2D eigenvalue weighted by atomic mass is 9.82. The van der Waals surface area contributed by atoms with Crippen LogP contribution in [-0.2, 0) is 9.53 Å². The van der Waals surface area contributed by atoms with Crippen LogP contribution in [0.5, 0.6) is 0 Å². The molecule has 1 aliphatic carbocycles. The summed E-state index contributed by atoms with van der Waals surface area (Å²) in [7, 11) is 0. The van der Waals surface area contributed by atoms with E-state index in [2.05, 4.69) is 12.2 Å². The molecule has 0 aromatic rings. The maximum Gasteiger partial charge on any atom is 0.306 e. The Kier molecular flexibility index (Phi) is 5.01. The first-order chi connectivity index (χ1) is 8.66. The lowest BCUT2D eigenvalue weighted by Gasteiger charge is -2.28. The van der Waals surface area contributed by atoms with E-state index in [-0.39, 0.29) is 5.92 Å². The highest BCUT2D eigenvalue weighted by Gasteiger charge is 2.27. The smallest absolute Gasteiger partial charge is 0.306 e. The summed E-state index contributed by atoms with van der Waals surface area (Å²) in [5, 5.41) is 12.6. The van der Waals surface area contributed by atoms with Crippen LogP contribution < -0.4 is 5.32 Å². The summed E-state index contributed by atoms with van der Waals surface area (Å²) in [4.78, 5) is 10.9. The van der Waals surface area contributed by atoms with Gasteiger partial charge in [-0.2, -0.15) is 0 Å². The molecule has 2 aliphatic rings. The van der Waals surface area contributed by atoms with Crippen LogP contribution in [0.3, 0.4) is 0 Å². The summed E-state index contributed by atoms with van der Waals surface area (Å²) in [5.74, 6) is 0.602. The second-order valence-corrected chi connectivity index (χ2v) is 5.88. The van der Waals surface area contributed by atoms with E-state index in [0.717, 1.165) is 45.4 Å². The number of hydrogen-bond acceptors (Lipinski definition) is 3. The topological polar surface area (TPSA) is 58.6 Å². The molecular formula is C14H25NO3. The van der Waals surface area contributed by atoms with Crippen LogP contribution in [0.2, 0.25) is 0 Å². The van der Waals surface area contributed by atoms with Crippen molar-refractivity contribution in [2.24, 2.45) is 17.8 Å². The predicted octanol–water partition coefficient (Wildman–Crippen LogP) is 1.89. The van der Waals surface area contributed by atoms with Gasteiger partial charge in [0.1, 0.15) is 0 Å². The van der Waals surface area contributed by atoms with Crippen molar-refractivity contribution in [1.82, 2.24) is 5.32 Å². The molecule has 1 saturated heterocycles. The molecule has 4 nitrogen and oxygen atoms in total. The Balaban J connectivity index is 1.64. The van der Waals surface area contributed by atoms with Gasteiger partial charge < -0.3 is 15.2 Å². The van der Waals surface area contributed by atoms with Gasteiger partial charge >= 0.3 is 5.97 Å². The predicted molar refractivity (Wildman–Crippen MR) is 69.5 cm³/mol. The quantitative estimate of drug-likeness (QED) is 0.787. The molecule has 1 heterocycles. The van der Waals surface area contributed by atoms with Gasteiger partial charge in [-0.25, -0.2) is 0 Å². The Morgan fingerprint density at radius 1 is 1.33 bits per heavy atom. The molecule has 18 heavy (non-hydrogen) atoms. The Morgan fingerprint density at radius 2 is 2.06 bits per heavy atom. The molecule has 0 amide bonds. The summed E-state index contributed by atoms with van der Waals surface area (Å²) in [6.07, 6.45) is 4.97. The van der Waals surface area contributed by atoms with Crippen LogP contribution in [-0.4, -0.2) is 36.9 Å². The zero-order chi connectivity index (χ0) is 13.0. The molecule has 0 aromatic heterocycles. The number of rotatable bonds is 5. The highest BCUT2D eigenvalue weighted by atomic mass is 16.5. The Morgan fingerprint density at radius 3 is 2.61 bits per heavy atom. The number of nitrogens with one attached hydrogen (secondary N) is 1. The van der Waals surface area contributed by atoms with E-state index in [9.17, 15) is 4.79 Å². The standard InChI is InChI=1S/C14H25NO3/c1-10(13-6-7-18-9-13)15-8-11-2-4-12(5-3-11)14(16)17/h10-13,15H,2-9H2,1H3,(H,16,17). The minimum atomic E-state index is -0.613. The van der Waals surface area contributed by atoms with Crippen molar-refractivity contribution in [3.63, 3.8) is 0 Å². The van der Waals surface area contributed by atoms with Crippen molar-refractivity contribution in [2.75, 3.05) is 19.8 Å². The van der Waals surface area contributed by atoms with Crippen molar-refractivity contribution in [3.05, 3.63) is 0 Å². The molecule has 2 unspecified atom stereocenters. The lowest BCUT2D eigenvalue weighted by molar-refractivity contribution is -0.143. The number of aliphatic carboxylic acids is 1. The minimum Gasteiger partial charge on any atom is -0.481 e. The first-order valence-corrected chi connectivity index (χ1v) is 7.20. The van der Waals surface area contributed by atoms with Gasteiger partial charge in [0.05, 0.1) is 12.5 Å². The van der Waals surface area contributed by atoms with Gasteiger partial charge in [0.2, 0.25) is 0 Å². The molecule has 104 valence electrons. The Hall–Kier alpha value is -0.610. The van der Waals surface area contributed by atoms with Gasteiger partial charge in [-0.15, -0.1) is 0 Å². The maximum absolute atomic E-state index is 10.9. The molecular weight excluding hydrogens is 230 g/mol. The highest BCUT2D eigenvalue weighted by molar-refractivity contribution is 5.69. The first kappa shape index (κ1) is 13.8. The third-order valence-electron chi connectivity index (χ3n) is 4.60. The van der Waals surface area contributed by atoms with E-state index < -0.39 is 5.97 Å². The minimum absolute atomic E-state index is 0.0955. The zero-order valence-electron chi connectivity index (χ0n) is 11.2. The van der Waals surface area contributed by atoms with E-state index in [1.165, 1.54) is 6.42 Å². The van der Waals surface area contributed by atoms with Crippen LogP contribution in [0.15, 0.2) is 0 Å². The lowest BCUT2D eigenvalue weighted by Crippen LogP contribution is -2.38. The van der Waals surface area contributed by atoms with E-state index in [0.29, 0.717) is 17.9 Å². The second-order valence-electron chi connectivity index (χ2n) is 5.88. The number of carbonyl (C=O) groups is 1. The van der Waals surface area contributed by atoms with Gasteiger partial charge in [0.15, 0.2) is 0 Å².